The summed E-state index contributed by atoms with van der Waals surface area (Å²) in [6, 6.07) is 4.00. The molecule has 2 rings (SSSR count). The third-order valence-corrected chi connectivity index (χ3v) is 2.44. The average molecular weight is 254 g/mol. The smallest absolute Gasteiger partial charge is 0.159 e. The fraction of sp³-hybridized carbons (Fsp3) is 0. The lowest BCUT2D eigenvalue weighted by Crippen LogP contribution is -1.96. The minimum absolute atomic E-state index is 0.124. The Morgan fingerprint density at radius 2 is 1.44 bits per heavy atom. The summed E-state index contributed by atoms with van der Waals surface area (Å²) in [5.41, 5.74) is -0.502. The van der Waals surface area contributed by atoms with Crippen LogP contribution in [0.15, 0.2) is 30.3 Å². The van der Waals surface area contributed by atoms with E-state index in [1.807, 2.05) is 0 Å². The molecule has 0 unspecified atom stereocenters. The maximum Gasteiger partial charge on any atom is 0.159 e. The Hall–Kier alpha value is -2.17. The van der Waals surface area contributed by atoms with Gasteiger partial charge in [-0.15, -0.1) is 0 Å². The molecule has 0 saturated carbocycles. The molecule has 0 aliphatic carbocycles. The second-order valence-corrected chi connectivity index (χ2v) is 3.60. The highest BCUT2D eigenvalue weighted by Gasteiger charge is 2.14. The molecular formula is C13H6F4O. The van der Waals surface area contributed by atoms with E-state index in [1.165, 1.54) is 0 Å². The summed E-state index contributed by atoms with van der Waals surface area (Å²) in [7, 11) is 0. The van der Waals surface area contributed by atoms with Crippen LogP contribution in [-0.2, 0) is 0 Å². The molecule has 0 aliphatic rings. The van der Waals surface area contributed by atoms with E-state index < -0.39 is 23.3 Å². The van der Waals surface area contributed by atoms with Crippen LogP contribution in [0.5, 0.6) is 0 Å². The highest BCUT2D eigenvalue weighted by atomic mass is 19.2. The van der Waals surface area contributed by atoms with Crippen LogP contribution in [-0.4, -0.2) is 6.29 Å². The quantitative estimate of drug-likeness (QED) is 0.589. The van der Waals surface area contributed by atoms with Crippen molar-refractivity contribution in [3.63, 3.8) is 0 Å². The summed E-state index contributed by atoms with van der Waals surface area (Å²) < 4.78 is 52.3. The van der Waals surface area contributed by atoms with E-state index in [0.717, 1.165) is 12.1 Å². The third-order valence-electron chi connectivity index (χ3n) is 2.44. The molecule has 18 heavy (non-hydrogen) atoms. The Morgan fingerprint density at radius 3 is 2.06 bits per heavy atom. The van der Waals surface area contributed by atoms with Crippen molar-refractivity contribution in [3.05, 3.63) is 59.2 Å². The van der Waals surface area contributed by atoms with Gasteiger partial charge in [-0.3, -0.25) is 4.79 Å². The Labute approximate surface area is 99.7 Å². The van der Waals surface area contributed by atoms with Crippen LogP contribution in [0.25, 0.3) is 11.1 Å². The van der Waals surface area contributed by atoms with Gasteiger partial charge in [0.2, 0.25) is 0 Å². The lowest BCUT2D eigenvalue weighted by Gasteiger charge is -2.07. The maximum absolute atomic E-state index is 13.5. The summed E-state index contributed by atoms with van der Waals surface area (Å²) in [5, 5.41) is 0. The molecule has 0 radical (unpaired) electrons. The van der Waals surface area contributed by atoms with E-state index in [1.54, 1.807) is 0 Å². The Morgan fingerprint density at radius 1 is 0.778 bits per heavy atom. The van der Waals surface area contributed by atoms with E-state index in [4.69, 9.17) is 0 Å². The molecule has 5 heteroatoms. The van der Waals surface area contributed by atoms with Crippen molar-refractivity contribution >= 4 is 6.29 Å². The van der Waals surface area contributed by atoms with Crippen molar-refractivity contribution in [1.82, 2.24) is 0 Å². The van der Waals surface area contributed by atoms with Gasteiger partial charge in [0.15, 0.2) is 17.9 Å². The molecule has 0 amide bonds. The zero-order valence-electron chi connectivity index (χ0n) is 8.88. The minimum Gasteiger partial charge on any atom is -0.298 e. The first kappa shape index (κ1) is 12.3. The van der Waals surface area contributed by atoms with Crippen LogP contribution < -0.4 is 0 Å². The maximum atomic E-state index is 13.5. The number of aldehydes is 1. The van der Waals surface area contributed by atoms with Crippen molar-refractivity contribution in [2.75, 3.05) is 0 Å². The number of carbonyl (C=O) groups is 1. The molecule has 0 atom stereocenters. The van der Waals surface area contributed by atoms with Gasteiger partial charge in [-0.25, -0.2) is 17.6 Å². The summed E-state index contributed by atoms with van der Waals surface area (Å²) in [6.07, 6.45) is 0.278. The Kier molecular flexibility index (Phi) is 3.14. The van der Waals surface area contributed by atoms with Gasteiger partial charge in [0.25, 0.3) is 0 Å². The molecule has 0 aliphatic heterocycles. The minimum atomic E-state index is -1.21. The van der Waals surface area contributed by atoms with Crippen LogP contribution >= 0.6 is 0 Å². The van der Waals surface area contributed by atoms with E-state index in [9.17, 15) is 22.4 Å². The largest absolute Gasteiger partial charge is 0.298 e. The lowest BCUT2D eigenvalue weighted by molar-refractivity contribution is 0.112. The zero-order chi connectivity index (χ0) is 13.3. The number of rotatable bonds is 2. The van der Waals surface area contributed by atoms with Crippen LogP contribution in [0.2, 0.25) is 0 Å². The van der Waals surface area contributed by atoms with Crippen molar-refractivity contribution in [3.8, 4) is 11.1 Å². The first-order valence-corrected chi connectivity index (χ1v) is 4.92. The number of benzene rings is 2. The molecule has 0 aromatic heterocycles. The van der Waals surface area contributed by atoms with Gasteiger partial charge in [0.05, 0.1) is 0 Å². The molecule has 2 aromatic rings. The van der Waals surface area contributed by atoms with Gasteiger partial charge in [-0.1, -0.05) is 0 Å². The molecule has 2 aromatic carbocycles. The predicted octanol–water partition coefficient (Wildman–Crippen LogP) is 3.72. The lowest BCUT2D eigenvalue weighted by atomic mass is 9.99. The Bertz CT molecular complexity index is 623. The normalized spacial score (nSPS) is 10.4. The predicted molar refractivity (Wildman–Crippen MR) is 57.1 cm³/mol. The standard InChI is InChI=1S/C13H6F4O/c14-8-1-2-9(11(15)4-8)10-5-13(17)12(16)3-7(10)6-18/h1-6H. The van der Waals surface area contributed by atoms with E-state index >= 15 is 0 Å². The number of hydrogen-bond donors (Lipinski definition) is 0. The summed E-state index contributed by atoms with van der Waals surface area (Å²) in [4.78, 5) is 10.8. The van der Waals surface area contributed by atoms with Crippen molar-refractivity contribution in [1.29, 1.82) is 0 Å². The van der Waals surface area contributed by atoms with Crippen LogP contribution in [0.3, 0.4) is 0 Å². The summed E-state index contributed by atoms with van der Waals surface area (Å²) in [6.45, 7) is 0. The molecule has 0 N–H and O–H groups in total. The highest BCUT2D eigenvalue weighted by Crippen LogP contribution is 2.28. The monoisotopic (exact) mass is 254 g/mol. The Balaban J connectivity index is 2.70. The molecule has 0 heterocycles. The van der Waals surface area contributed by atoms with Gasteiger partial charge in [-0.05, 0) is 29.8 Å². The van der Waals surface area contributed by atoms with Crippen LogP contribution in [0.1, 0.15) is 10.4 Å². The van der Waals surface area contributed by atoms with Gasteiger partial charge in [-0.2, -0.15) is 0 Å². The fourth-order valence-electron chi connectivity index (χ4n) is 1.60. The van der Waals surface area contributed by atoms with Gasteiger partial charge < -0.3 is 0 Å². The van der Waals surface area contributed by atoms with Gasteiger partial charge in [0, 0.05) is 17.2 Å². The second-order valence-electron chi connectivity index (χ2n) is 3.60. The number of carbonyl (C=O) groups excluding carboxylic acids is 1. The SMILES string of the molecule is O=Cc1cc(F)c(F)cc1-c1ccc(F)cc1F. The fourth-order valence-corrected chi connectivity index (χ4v) is 1.60. The molecular weight excluding hydrogens is 248 g/mol. The third kappa shape index (κ3) is 2.11. The molecule has 0 spiro atoms. The number of hydrogen-bond acceptors (Lipinski definition) is 1. The van der Waals surface area contributed by atoms with Crippen molar-refractivity contribution in [2.24, 2.45) is 0 Å². The van der Waals surface area contributed by atoms with Gasteiger partial charge in [0.1, 0.15) is 11.6 Å². The topological polar surface area (TPSA) is 17.1 Å². The molecule has 0 saturated heterocycles. The summed E-state index contributed by atoms with van der Waals surface area (Å²) in [5.74, 6) is -4.17. The van der Waals surface area contributed by atoms with Gasteiger partial charge >= 0.3 is 0 Å². The molecule has 0 fully saturated rings. The second kappa shape index (κ2) is 4.60. The zero-order valence-corrected chi connectivity index (χ0v) is 8.88. The summed E-state index contributed by atoms with van der Waals surface area (Å²) >= 11 is 0. The van der Waals surface area contributed by atoms with E-state index in [0.29, 0.717) is 18.2 Å². The number of halogens is 4. The molecule has 92 valence electrons. The average Bonchev–Trinajstić information content (AvgIpc) is 2.32. The first-order valence-electron chi connectivity index (χ1n) is 4.92. The van der Waals surface area contributed by atoms with Crippen molar-refractivity contribution < 1.29 is 22.4 Å². The van der Waals surface area contributed by atoms with E-state index in [-0.39, 0.29) is 23.0 Å². The van der Waals surface area contributed by atoms with Crippen LogP contribution in [0.4, 0.5) is 17.6 Å². The van der Waals surface area contributed by atoms with E-state index in [2.05, 4.69) is 0 Å². The first-order chi connectivity index (χ1) is 8.52. The van der Waals surface area contributed by atoms with Crippen LogP contribution in [0, 0.1) is 23.3 Å². The molecule has 0 bridgehead atoms. The van der Waals surface area contributed by atoms with Crippen molar-refractivity contribution in [2.45, 2.75) is 0 Å². The highest BCUT2D eigenvalue weighted by molar-refractivity contribution is 5.87. The molecule has 1 nitrogen and oxygen atoms in total.